The largest absolute Gasteiger partial charge is 0.250 e. The Labute approximate surface area is 101 Å². The Morgan fingerprint density at radius 1 is 1.44 bits per heavy atom. The molecule has 0 bridgehead atoms. The van der Waals surface area contributed by atoms with Crippen LogP contribution in [0.5, 0.6) is 0 Å². The molecule has 1 aromatic heterocycles. The van der Waals surface area contributed by atoms with E-state index in [4.69, 9.17) is 0 Å². The van der Waals surface area contributed by atoms with E-state index < -0.39 is 0 Å². The molecule has 0 spiro atoms. The first-order valence-electron chi connectivity index (χ1n) is 6.35. The topological polar surface area (TPSA) is 30.7 Å². The van der Waals surface area contributed by atoms with Gasteiger partial charge in [0.1, 0.15) is 5.82 Å². The number of fused-ring (bicyclic) bond motifs is 1. The van der Waals surface area contributed by atoms with Crippen molar-refractivity contribution < 1.29 is 0 Å². The van der Waals surface area contributed by atoms with Crippen molar-refractivity contribution in [3.05, 3.63) is 11.6 Å². The monoisotopic (exact) mass is 237 g/mol. The minimum atomic E-state index is 0.767. The maximum absolute atomic E-state index is 4.69. The summed E-state index contributed by atoms with van der Waals surface area (Å²) in [6.45, 7) is 3.37. The molecular formula is C12H19N3S. The standard InChI is InChI=1S/C12H19N3S/c1-9-4-5-12-13-11(14-15(12)8-9)7-10-3-2-6-16-10/h9-10H,2-8H2,1H3. The zero-order chi connectivity index (χ0) is 11.0. The first-order valence-corrected chi connectivity index (χ1v) is 7.40. The average molecular weight is 237 g/mol. The van der Waals surface area contributed by atoms with E-state index >= 15 is 0 Å². The van der Waals surface area contributed by atoms with Crippen molar-refractivity contribution in [3.8, 4) is 0 Å². The molecule has 1 saturated heterocycles. The molecule has 0 N–H and O–H groups in total. The van der Waals surface area contributed by atoms with Crippen molar-refractivity contribution in [1.29, 1.82) is 0 Å². The van der Waals surface area contributed by atoms with Crippen LogP contribution in [0.15, 0.2) is 0 Å². The molecule has 0 aliphatic carbocycles. The van der Waals surface area contributed by atoms with Crippen LogP contribution in [0, 0.1) is 5.92 Å². The third kappa shape index (κ3) is 2.12. The van der Waals surface area contributed by atoms with Gasteiger partial charge in [-0.3, -0.25) is 0 Å². The van der Waals surface area contributed by atoms with Crippen LogP contribution in [0.3, 0.4) is 0 Å². The van der Waals surface area contributed by atoms with E-state index in [9.17, 15) is 0 Å². The Balaban J connectivity index is 1.71. The molecule has 4 heteroatoms. The maximum atomic E-state index is 4.69. The number of hydrogen-bond acceptors (Lipinski definition) is 3. The summed E-state index contributed by atoms with van der Waals surface area (Å²) < 4.78 is 2.14. The number of aryl methyl sites for hydroxylation is 1. The Bertz CT molecular complexity index is 368. The number of rotatable bonds is 2. The molecule has 1 fully saturated rings. The van der Waals surface area contributed by atoms with Gasteiger partial charge in [-0.2, -0.15) is 16.9 Å². The predicted molar refractivity (Wildman–Crippen MR) is 66.7 cm³/mol. The van der Waals surface area contributed by atoms with Gasteiger partial charge in [-0.05, 0) is 30.9 Å². The minimum Gasteiger partial charge on any atom is -0.250 e. The Hall–Kier alpha value is -0.510. The van der Waals surface area contributed by atoms with E-state index in [0.717, 1.165) is 36.4 Å². The molecule has 2 atom stereocenters. The molecule has 0 aromatic carbocycles. The van der Waals surface area contributed by atoms with Crippen LogP contribution in [0.1, 0.15) is 37.8 Å². The van der Waals surface area contributed by atoms with E-state index in [1.54, 1.807) is 0 Å². The number of aromatic nitrogens is 3. The molecule has 0 radical (unpaired) electrons. The average Bonchev–Trinajstić information content (AvgIpc) is 2.86. The fourth-order valence-electron chi connectivity index (χ4n) is 2.61. The first kappa shape index (κ1) is 10.6. The summed E-state index contributed by atoms with van der Waals surface area (Å²) in [4.78, 5) is 4.69. The second kappa shape index (κ2) is 4.40. The molecule has 2 aliphatic rings. The Kier molecular flexibility index (Phi) is 2.92. The van der Waals surface area contributed by atoms with Crippen LogP contribution in [-0.4, -0.2) is 25.8 Å². The summed E-state index contributed by atoms with van der Waals surface area (Å²) in [6, 6.07) is 0. The lowest BCUT2D eigenvalue weighted by Gasteiger charge is -2.17. The van der Waals surface area contributed by atoms with Crippen LogP contribution in [0.2, 0.25) is 0 Å². The van der Waals surface area contributed by atoms with Gasteiger partial charge >= 0.3 is 0 Å². The highest BCUT2D eigenvalue weighted by Gasteiger charge is 2.22. The van der Waals surface area contributed by atoms with Crippen LogP contribution < -0.4 is 0 Å². The minimum absolute atomic E-state index is 0.767. The summed E-state index contributed by atoms with van der Waals surface area (Å²) in [5, 5.41) is 5.44. The Morgan fingerprint density at radius 2 is 2.38 bits per heavy atom. The van der Waals surface area contributed by atoms with E-state index in [-0.39, 0.29) is 0 Å². The summed E-state index contributed by atoms with van der Waals surface area (Å²) in [5.41, 5.74) is 0. The van der Waals surface area contributed by atoms with Crippen molar-refractivity contribution in [2.75, 3.05) is 5.75 Å². The number of nitrogens with zero attached hydrogens (tertiary/aromatic N) is 3. The highest BCUT2D eigenvalue weighted by Crippen LogP contribution is 2.28. The lowest BCUT2D eigenvalue weighted by molar-refractivity contribution is 0.367. The van der Waals surface area contributed by atoms with Gasteiger partial charge in [0.2, 0.25) is 0 Å². The van der Waals surface area contributed by atoms with Gasteiger partial charge < -0.3 is 0 Å². The third-order valence-electron chi connectivity index (χ3n) is 3.57. The zero-order valence-electron chi connectivity index (χ0n) is 9.85. The smallest absolute Gasteiger partial charge is 0.152 e. The van der Waals surface area contributed by atoms with Gasteiger partial charge in [-0.15, -0.1) is 0 Å². The van der Waals surface area contributed by atoms with E-state index in [0.29, 0.717) is 0 Å². The third-order valence-corrected chi connectivity index (χ3v) is 4.97. The van der Waals surface area contributed by atoms with Crippen molar-refractivity contribution in [1.82, 2.24) is 14.8 Å². The molecular weight excluding hydrogens is 218 g/mol. The SMILES string of the molecule is CC1CCc2nc(CC3CCCS3)nn2C1. The van der Waals surface area contributed by atoms with Gasteiger partial charge in [0.25, 0.3) is 0 Å². The highest BCUT2D eigenvalue weighted by molar-refractivity contribution is 8.00. The van der Waals surface area contributed by atoms with Gasteiger partial charge in [0.15, 0.2) is 5.82 Å². The fourth-order valence-corrected chi connectivity index (χ4v) is 3.88. The van der Waals surface area contributed by atoms with E-state index in [1.807, 2.05) is 0 Å². The van der Waals surface area contributed by atoms with Crippen molar-refractivity contribution >= 4 is 11.8 Å². The zero-order valence-corrected chi connectivity index (χ0v) is 10.7. The van der Waals surface area contributed by atoms with Gasteiger partial charge in [0.05, 0.1) is 0 Å². The van der Waals surface area contributed by atoms with Gasteiger partial charge in [-0.1, -0.05) is 6.92 Å². The fraction of sp³-hybridized carbons (Fsp3) is 0.833. The van der Waals surface area contributed by atoms with Crippen LogP contribution in [0.4, 0.5) is 0 Å². The second-order valence-corrected chi connectivity index (χ2v) is 6.52. The summed E-state index contributed by atoms with van der Waals surface area (Å²) in [6.07, 6.45) is 6.20. The highest BCUT2D eigenvalue weighted by atomic mass is 32.2. The quantitative estimate of drug-likeness (QED) is 0.791. The molecule has 0 amide bonds. The molecule has 16 heavy (non-hydrogen) atoms. The van der Waals surface area contributed by atoms with E-state index in [1.165, 1.54) is 30.8 Å². The lowest BCUT2D eigenvalue weighted by Crippen LogP contribution is -2.18. The first-order chi connectivity index (χ1) is 7.81. The maximum Gasteiger partial charge on any atom is 0.152 e. The van der Waals surface area contributed by atoms with Crippen molar-refractivity contribution in [2.24, 2.45) is 5.92 Å². The molecule has 3 heterocycles. The molecule has 2 unspecified atom stereocenters. The van der Waals surface area contributed by atoms with Gasteiger partial charge in [-0.25, -0.2) is 9.67 Å². The molecule has 2 aliphatic heterocycles. The number of thioether (sulfide) groups is 1. The molecule has 0 saturated carbocycles. The van der Waals surface area contributed by atoms with Crippen LogP contribution >= 0.6 is 11.8 Å². The molecule has 88 valence electrons. The molecule has 3 rings (SSSR count). The summed E-state index contributed by atoms with van der Waals surface area (Å²) >= 11 is 2.09. The van der Waals surface area contributed by atoms with Gasteiger partial charge in [0, 0.05) is 24.6 Å². The second-order valence-electron chi connectivity index (χ2n) is 5.11. The van der Waals surface area contributed by atoms with E-state index in [2.05, 4.69) is 33.5 Å². The van der Waals surface area contributed by atoms with Crippen molar-refractivity contribution in [3.63, 3.8) is 0 Å². The normalized spacial score (nSPS) is 29.3. The molecule has 1 aromatic rings. The summed E-state index contributed by atoms with van der Waals surface area (Å²) in [7, 11) is 0. The lowest BCUT2D eigenvalue weighted by atomic mass is 10.0. The number of hydrogen-bond donors (Lipinski definition) is 0. The Morgan fingerprint density at radius 3 is 3.19 bits per heavy atom. The predicted octanol–water partition coefficient (Wildman–Crippen LogP) is 2.30. The molecule has 3 nitrogen and oxygen atoms in total. The summed E-state index contributed by atoms with van der Waals surface area (Å²) in [5.74, 6) is 4.40. The van der Waals surface area contributed by atoms with Crippen LogP contribution in [-0.2, 0) is 19.4 Å². The van der Waals surface area contributed by atoms with Crippen LogP contribution in [0.25, 0.3) is 0 Å². The van der Waals surface area contributed by atoms with Crippen molar-refractivity contribution in [2.45, 2.75) is 50.8 Å².